The van der Waals surface area contributed by atoms with Gasteiger partial charge in [-0.15, -0.1) is 0 Å². The molecule has 1 atom stereocenters. The number of rotatable bonds is 6. The highest BCUT2D eigenvalue weighted by Crippen LogP contribution is 2.32. The number of hydrogen-bond donors (Lipinski definition) is 1. The Balaban J connectivity index is 2.75. The molecule has 18 heavy (non-hydrogen) atoms. The molecule has 1 aromatic rings. The van der Waals surface area contributed by atoms with Crippen LogP contribution in [0.4, 0.5) is 13.2 Å². The topological polar surface area (TPSA) is 12.0 Å². The normalized spacial score (nSPS) is 13.9. The summed E-state index contributed by atoms with van der Waals surface area (Å²) in [5.41, 5.74) is 0.274. The van der Waals surface area contributed by atoms with Gasteiger partial charge in [-0.25, -0.2) is 0 Å². The maximum atomic E-state index is 13.0. The third-order valence-corrected chi connectivity index (χ3v) is 3.23. The summed E-state index contributed by atoms with van der Waals surface area (Å²) in [6.07, 6.45) is -2.47. The SMILES string of the molecule is CCC(CC)CNC(c1ccccc1)C(F)(F)F. The van der Waals surface area contributed by atoms with Crippen molar-refractivity contribution in [3.8, 4) is 0 Å². The van der Waals surface area contributed by atoms with Crippen LogP contribution in [0.15, 0.2) is 30.3 Å². The first-order chi connectivity index (χ1) is 8.49. The highest BCUT2D eigenvalue weighted by atomic mass is 19.4. The van der Waals surface area contributed by atoms with Crippen molar-refractivity contribution >= 4 is 0 Å². The van der Waals surface area contributed by atoms with Crippen LogP contribution in [0.1, 0.15) is 38.3 Å². The van der Waals surface area contributed by atoms with Crippen molar-refractivity contribution in [2.24, 2.45) is 5.92 Å². The molecule has 1 unspecified atom stereocenters. The maximum absolute atomic E-state index is 13.0. The molecule has 4 heteroatoms. The van der Waals surface area contributed by atoms with Crippen LogP contribution in [-0.2, 0) is 0 Å². The summed E-state index contributed by atoms with van der Waals surface area (Å²) in [5, 5.41) is 2.65. The van der Waals surface area contributed by atoms with Crippen molar-refractivity contribution in [3.63, 3.8) is 0 Å². The van der Waals surface area contributed by atoms with E-state index in [9.17, 15) is 13.2 Å². The van der Waals surface area contributed by atoms with Crippen molar-refractivity contribution in [2.45, 2.75) is 38.9 Å². The lowest BCUT2D eigenvalue weighted by Gasteiger charge is -2.24. The molecular formula is C14H20F3N. The minimum Gasteiger partial charge on any atom is -0.302 e. The molecule has 0 spiro atoms. The number of alkyl halides is 3. The molecule has 0 radical (unpaired) electrons. The zero-order chi connectivity index (χ0) is 13.6. The van der Waals surface area contributed by atoms with Gasteiger partial charge in [-0.1, -0.05) is 57.0 Å². The lowest BCUT2D eigenvalue weighted by molar-refractivity contribution is -0.158. The lowest BCUT2D eigenvalue weighted by Crippen LogP contribution is -2.36. The minimum absolute atomic E-state index is 0.274. The van der Waals surface area contributed by atoms with Crippen LogP contribution in [0.25, 0.3) is 0 Å². The summed E-state index contributed by atoms with van der Waals surface area (Å²) in [6, 6.07) is 6.44. The largest absolute Gasteiger partial charge is 0.407 e. The van der Waals surface area contributed by atoms with Crippen molar-refractivity contribution in [3.05, 3.63) is 35.9 Å². The number of hydrogen-bond acceptors (Lipinski definition) is 1. The van der Waals surface area contributed by atoms with Crippen LogP contribution >= 0.6 is 0 Å². The Morgan fingerprint density at radius 3 is 2.06 bits per heavy atom. The van der Waals surface area contributed by atoms with Gasteiger partial charge in [-0.3, -0.25) is 0 Å². The van der Waals surface area contributed by atoms with Crippen molar-refractivity contribution < 1.29 is 13.2 Å². The van der Waals surface area contributed by atoms with Crippen molar-refractivity contribution in [1.82, 2.24) is 5.32 Å². The van der Waals surface area contributed by atoms with Gasteiger partial charge in [0.05, 0.1) is 0 Å². The Hall–Kier alpha value is -1.03. The van der Waals surface area contributed by atoms with E-state index in [0.29, 0.717) is 12.5 Å². The molecule has 102 valence electrons. The first kappa shape index (κ1) is 15.0. The molecule has 1 rings (SSSR count). The Morgan fingerprint density at radius 2 is 1.61 bits per heavy atom. The fourth-order valence-corrected chi connectivity index (χ4v) is 1.93. The molecule has 0 heterocycles. The van der Waals surface area contributed by atoms with E-state index in [1.54, 1.807) is 18.2 Å². The molecule has 0 aromatic heterocycles. The van der Waals surface area contributed by atoms with E-state index in [-0.39, 0.29) is 5.56 Å². The van der Waals surface area contributed by atoms with Gasteiger partial charge in [0, 0.05) is 0 Å². The van der Waals surface area contributed by atoms with Crippen LogP contribution in [-0.4, -0.2) is 12.7 Å². The molecule has 0 aliphatic carbocycles. The predicted octanol–water partition coefficient (Wildman–Crippen LogP) is 4.32. The molecule has 0 aliphatic heterocycles. The molecule has 0 saturated heterocycles. The molecule has 1 aromatic carbocycles. The number of benzene rings is 1. The second kappa shape index (κ2) is 6.78. The lowest BCUT2D eigenvalue weighted by atomic mass is 10.0. The van der Waals surface area contributed by atoms with Crippen LogP contribution < -0.4 is 5.32 Å². The Bertz CT molecular complexity index is 331. The Labute approximate surface area is 106 Å². The van der Waals surface area contributed by atoms with Crippen LogP contribution in [0.2, 0.25) is 0 Å². The van der Waals surface area contributed by atoms with Crippen molar-refractivity contribution in [1.29, 1.82) is 0 Å². The van der Waals surface area contributed by atoms with Crippen molar-refractivity contribution in [2.75, 3.05) is 6.54 Å². The first-order valence-electron chi connectivity index (χ1n) is 6.34. The van der Waals surface area contributed by atoms with Crippen LogP contribution in [0.5, 0.6) is 0 Å². The zero-order valence-corrected chi connectivity index (χ0v) is 10.8. The quantitative estimate of drug-likeness (QED) is 0.802. The van der Waals surface area contributed by atoms with Gasteiger partial charge in [0.25, 0.3) is 0 Å². The van der Waals surface area contributed by atoms with E-state index in [1.807, 2.05) is 13.8 Å². The Kier molecular flexibility index (Phi) is 5.66. The summed E-state index contributed by atoms with van der Waals surface area (Å²) in [4.78, 5) is 0. The summed E-state index contributed by atoms with van der Waals surface area (Å²) in [5.74, 6) is 0.290. The molecule has 0 bridgehead atoms. The first-order valence-corrected chi connectivity index (χ1v) is 6.34. The van der Waals surface area contributed by atoms with Gasteiger partial charge < -0.3 is 5.32 Å². The van der Waals surface area contributed by atoms with Crippen LogP contribution in [0, 0.1) is 5.92 Å². The van der Waals surface area contributed by atoms with E-state index in [0.717, 1.165) is 12.8 Å². The molecule has 1 nitrogen and oxygen atoms in total. The van der Waals surface area contributed by atoms with Gasteiger partial charge in [-0.2, -0.15) is 13.2 Å². The predicted molar refractivity (Wildman–Crippen MR) is 67.3 cm³/mol. The standard InChI is InChI=1S/C14H20F3N/c1-3-11(4-2)10-18-13(14(15,16)17)12-8-6-5-7-9-12/h5-9,11,13,18H,3-4,10H2,1-2H3. The van der Waals surface area contributed by atoms with Gasteiger partial charge in [0.2, 0.25) is 0 Å². The second-order valence-corrected chi connectivity index (χ2v) is 4.48. The number of halogens is 3. The third-order valence-electron chi connectivity index (χ3n) is 3.23. The monoisotopic (exact) mass is 259 g/mol. The molecule has 0 amide bonds. The summed E-state index contributed by atoms with van der Waals surface area (Å²) >= 11 is 0. The molecule has 0 aliphatic rings. The fourth-order valence-electron chi connectivity index (χ4n) is 1.93. The average Bonchev–Trinajstić information content (AvgIpc) is 2.34. The van der Waals surface area contributed by atoms with E-state index in [1.165, 1.54) is 12.1 Å². The molecular weight excluding hydrogens is 239 g/mol. The maximum Gasteiger partial charge on any atom is 0.407 e. The van der Waals surface area contributed by atoms with Crippen LogP contribution in [0.3, 0.4) is 0 Å². The van der Waals surface area contributed by atoms with E-state index in [2.05, 4.69) is 5.32 Å². The van der Waals surface area contributed by atoms with Gasteiger partial charge >= 0.3 is 6.18 Å². The van der Waals surface area contributed by atoms with E-state index >= 15 is 0 Å². The summed E-state index contributed by atoms with van der Waals surface area (Å²) in [6.45, 7) is 4.40. The number of nitrogens with one attached hydrogen (secondary N) is 1. The highest BCUT2D eigenvalue weighted by molar-refractivity contribution is 5.20. The van der Waals surface area contributed by atoms with Gasteiger partial charge in [0.15, 0.2) is 0 Å². The average molecular weight is 259 g/mol. The third kappa shape index (κ3) is 4.33. The molecule has 1 N–H and O–H groups in total. The fraction of sp³-hybridized carbons (Fsp3) is 0.571. The van der Waals surface area contributed by atoms with Gasteiger partial charge in [0.1, 0.15) is 6.04 Å². The summed E-state index contributed by atoms with van der Waals surface area (Å²) < 4.78 is 39.0. The molecule has 0 saturated carbocycles. The highest BCUT2D eigenvalue weighted by Gasteiger charge is 2.40. The minimum atomic E-state index is -4.26. The smallest absolute Gasteiger partial charge is 0.302 e. The van der Waals surface area contributed by atoms with E-state index < -0.39 is 12.2 Å². The summed E-state index contributed by atoms with van der Waals surface area (Å²) in [7, 11) is 0. The molecule has 0 fully saturated rings. The Morgan fingerprint density at radius 1 is 1.06 bits per heavy atom. The van der Waals surface area contributed by atoms with Gasteiger partial charge in [-0.05, 0) is 18.0 Å². The zero-order valence-electron chi connectivity index (χ0n) is 10.8. The second-order valence-electron chi connectivity index (χ2n) is 4.48. The van der Waals surface area contributed by atoms with E-state index in [4.69, 9.17) is 0 Å².